The zero-order chi connectivity index (χ0) is 25.0. The van der Waals surface area contributed by atoms with E-state index in [2.05, 4.69) is 76.6 Å². The van der Waals surface area contributed by atoms with Crippen molar-refractivity contribution in [2.75, 3.05) is 71.8 Å². The van der Waals surface area contributed by atoms with Gasteiger partial charge >= 0.3 is 0 Å². The largest absolute Gasteiger partial charge is 0.491 e. The molecule has 0 spiro atoms. The molecular formula is C31H48N4O. The fourth-order valence-electron chi connectivity index (χ4n) is 5.57. The monoisotopic (exact) mass is 492 g/mol. The number of anilines is 1. The van der Waals surface area contributed by atoms with Crippen LogP contribution in [0.25, 0.3) is 11.1 Å². The van der Waals surface area contributed by atoms with E-state index < -0.39 is 0 Å². The van der Waals surface area contributed by atoms with E-state index in [0.717, 1.165) is 44.1 Å². The lowest BCUT2D eigenvalue weighted by Crippen LogP contribution is -2.33. The van der Waals surface area contributed by atoms with Gasteiger partial charge in [0.2, 0.25) is 0 Å². The van der Waals surface area contributed by atoms with Crippen molar-refractivity contribution in [1.29, 1.82) is 0 Å². The fraction of sp³-hybridized carbons (Fsp3) is 0.613. The zero-order valence-corrected chi connectivity index (χ0v) is 22.8. The van der Waals surface area contributed by atoms with E-state index >= 15 is 0 Å². The molecular weight excluding hydrogens is 444 g/mol. The van der Waals surface area contributed by atoms with Crippen LogP contribution in [0.2, 0.25) is 0 Å². The standard InChI is InChI=1S/C31H48N4O/c1-33(2)26-28-13-5-6-14-29(28)27-15-16-30(32-17-23-35-20-9-4-10-21-35)31(25-27)36-24-12-11-22-34-18-7-3-8-19-34/h5-6,13-16,25,32H,3-4,7-12,17-24,26H2,1-2H3. The molecule has 2 fully saturated rings. The Bertz CT molecular complexity index is 903. The molecule has 0 atom stereocenters. The highest BCUT2D eigenvalue weighted by Gasteiger charge is 2.13. The molecule has 2 saturated heterocycles. The van der Waals surface area contributed by atoms with Gasteiger partial charge in [-0.05, 0) is 114 Å². The summed E-state index contributed by atoms with van der Waals surface area (Å²) in [5.74, 6) is 0.990. The molecule has 5 heteroatoms. The van der Waals surface area contributed by atoms with Crippen molar-refractivity contribution < 1.29 is 4.74 Å². The van der Waals surface area contributed by atoms with Crippen LogP contribution in [0.15, 0.2) is 42.5 Å². The summed E-state index contributed by atoms with van der Waals surface area (Å²) in [5, 5.41) is 3.70. The molecule has 0 bridgehead atoms. The summed E-state index contributed by atoms with van der Waals surface area (Å²) in [6.45, 7) is 10.0. The van der Waals surface area contributed by atoms with Crippen molar-refractivity contribution in [3.63, 3.8) is 0 Å². The van der Waals surface area contributed by atoms with Gasteiger partial charge in [-0.2, -0.15) is 0 Å². The molecule has 4 rings (SSSR count). The van der Waals surface area contributed by atoms with Gasteiger partial charge < -0.3 is 24.8 Å². The summed E-state index contributed by atoms with van der Waals surface area (Å²) in [6, 6.07) is 15.5. The second-order valence-corrected chi connectivity index (χ2v) is 10.9. The first kappa shape index (κ1) is 27.0. The van der Waals surface area contributed by atoms with E-state index in [1.165, 1.54) is 94.4 Å². The van der Waals surface area contributed by atoms with Gasteiger partial charge in [0.05, 0.1) is 12.3 Å². The summed E-state index contributed by atoms with van der Waals surface area (Å²) >= 11 is 0. The van der Waals surface area contributed by atoms with Gasteiger partial charge in [0.15, 0.2) is 0 Å². The quantitative estimate of drug-likeness (QED) is 0.349. The number of unbranched alkanes of at least 4 members (excludes halogenated alkanes) is 1. The molecule has 2 aliphatic heterocycles. The van der Waals surface area contributed by atoms with Crippen molar-refractivity contribution in [3.05, 3.63) is 48.0 Å². The molecule has 1 N–H and O–H groups in total. The molecule has 2 aromatic carbocycles. The summed E-state index contributed by atoms with van der Waals surface area (Å²) in [5.41, 5.74) is 5.00. The average Bonchev–Trinajstić information content (AvgIpc) is 2.90. The van der Waals surface area contributed by atoms with Crippen LogP contribution in [0.4, 0.5) is 5.69 Å². The molecule has 2 aliphatic rings. The van der Waals surface area contributed by atoms with Crippen molar-refractivity contribution in [2.45, 2.75) is 57.9 Å². The van der Waals surface area contributed by atoms with Crippen LogP contribution in [0, 0.1) is 0 Å². The Balaban J connectivity index is 1.40. The second kappa shape index (κ2) is 14.6. The van der Waals surface area contributed by atoms with Gasteiger partial charge in [-0.1, -0.05) is 43.2 Å². The Hall–Kier alpha value is -2.08. The predicted octanol–water partition coefficient (Wildman–Crippen LogP) is 5.96. The van der Waals surface area contributed by atoms with E-state index in [9.17, 15) is 0 Å². The van der Waals surface area contributed by atoms with Gasteiger partial charge in [-0.3, -0.25) is 0 Å². The van der Waals surface area contributed by atoms with Crippen molar-refractivity contribution in [3.8, 4) is 16.9 Å². The lowest BCUT2D eigenvalue weighted by molar-refractivity contribution is 0.216. The number of rotatable bonds is 13. The maximum absolute atomic E-state index is 6.45. The summed E-state index contributed by atoms with van der Waals surface area (Å²) in [7, 11) is 4.26. The Kier molecular flexibility index (Phi) is 10.9. The average molecular weight is 493 g/mol. The normalized spacial score (nSPS) is 17.4. The van der Waals surface area contributed by atoms with Crippen LogP contribution in [0.3, 0.4) is 0 Å². The van der Waals surface area contributed by atoms with Crippen LogP contribution < -0.4 is 10.1 Å². The Labute approximate surface area is 219 Å². The molecule has 5 nitrogen and oxygen atoms in total. The van der Waals surface area contributed by atoms with E-state index in [4.69, 9.17) is 4.74 Å². The Morgan fingerprint density at radius 1 is 0.806 bits per heavy atom. The topological polar surface area (TPSA) is 31.0 Å². The lowest BCUT2D eigenvalue weighted by Gasteiger charge is -2.27. The summed E-state index contributed by atoms with van der Waals surface area (Å²) < 4.78 is 6.45. The van der Waals surface area contributed by atoms with Crippen LogP contribution in [-0.2, 0) is 6.54 Å². The van der Waals surface area contributed by atoms with Crippen LogP contribution >= 0.6 is 0 Å². The van der Waals surface area contributed by atoms with Gasteiger partial charge in [0.1, 0.15) is 5.75 Å². The zero-order valence-electron chi connectivity index (χ0n) is 22.8. The van der Waals surface area contributed by atoms with Gasteiger partial charge in [-0.15, -0.1) is 0 Å². The molecule has 0 aromatic heterocycles. The van der Waals surface area contributed by atoms with Gasteiger partial charge in [0.25, 0.3) is 0 Å². The smallest absolute Gasteiger partial charge is 0.142 e. The number of benzene rings is 2. The first-order valence-electron chi connectivity index (χ1n) is 14.4. The second-order valence-electron chi connectivity index (χ2n) is 10.9. The van der Waals surface area contributed by atoms with Crippen molar-refractivity contribution in [2.24, 2.45) is 0 Å². The molecule has 0 unspecified atom stereocenters. The van der Waals surface area contributed by atoms with E-state index in [1.54, 1.807) is 0 Å². The maximum atomic E-state index is 6.45. The van der Waals surface area contributed by atoms with Gasteiger partial charge in [-0.25, -0.2) is 0 Å². The van der Waals surface area contributed by atoms with E-state index in [-0.39, 0.29) is 0 Å². The molecule has 0 radical (unpaired) electrons. The minimum Gasteiger partial charge on any atom is -0.491 e. The van der Waals surface area contributed by atoms with Crippen LogP contribution in [0.5, 0.6) is 5.75 Å². The number of nitrogens with zero attached hydrogens (tertiary/aromatic N) is 3. The Morgan fingerprint density at radius 2 is 1.50 bits per heavy atom. The maximum Gasteiger partial charge on any atom is 0.142 e. The number of ether oxygens (including phenoxy) is 1. The van der Waals surface area contributed by atoms with Crippen molar-refractivity contribution in [1.82, 2.24) is 14.7 Å². The fourth-order valence-corrected chi connectivity index (χ4v) is 5.57. The summed E-state index contributed by atoms with van der Waals surface area (Å²) in [4.78, 5) is 7.44. The first-order chi connectivity index (χ1) is 17.7. The number of likely N-dealkylation sites (tertiary alicyclic amines) is 2. The van der Waals surface area contributed by atoms with Crippen LogP contribution in [-0.4, -0.2) is 81.2 Å². The van der Waals surface area contributed by atoms with E-state index in [0.29, 0.717) is 0 Å². The predicted molar refractivity (Wildman–Crippen MR) is 153 cm³/mol. The minimum atomic E-state index is 0.775. The third kappa shape index (κ3) is 8.50. The number of nitrogens with one attached hydrogen (secondary N) is 1. The molecule has 0 amide bonds. The van der Waals surface area contributed by atoms with Crippen molar-refractivity contribution >= 4 is 5.69 Å². The molecule has 2 heterocycles. The van der Waals surface area contributed by atoms with Crippen LogP contribution in [0.1, 0.15) is 56.9 Å². The highest BCUT2D eigenvalue weighted by Crippen LogP contribution is 2.33. The highest BCUT2D eigenvalue weighted by atomic mass is 16.5. The third-order valence-electron chi connectivity index (χ3n) is 7.56. The molecule has 0 saturated carbocycles. The number of hydrogen-bond donors (Lipinski definition) is 1. The van der Waals surface area contributed by atoms with Gasteiger partial charge in [0, 0.05) is 19.6 Å². The van der Waals surface area contributed by atoms with E-state index in [1.807, 2.05) is 0 Å². The molecule has 36 heavy (non-hydrogen) atoms. The minimum absolute atomic E-state index is 0.775. The highest BCUT2D eigenvalue weighted by molar-refractivity contribution is 5.73. The molecule has 198 valence electrons. The Morgan fingerprint density at radius 3 is 2.22 bits per heavy atom. The first-order valence-corrected chi connectivity index (χ1v) is 14.4. The SMILES string of the molecule is CN(C)Cc1ccccc1-c1ccc(NCCN2CCCCC2)c(OCCCCN2CCCCC2)c1. The summed E-state index contributed by atoms with van der Waals surface area (Å²) in [6.07, 6.45) is 10.5. The third-order valence-corrected chi connectivity index (χ3v) is 7.56. The number of hydrogen-bond acceptors (Lipinski definition) is 5. The molecule has 2 aromatic rings. The molecule has 0 aliphatic carbocycles. The lowest BCUT2D eigenvalue weighted by atomic mass is 9.98. The number of piperidine rings is 2.